The van der Waals surface area contributed by atoms with Crippen molar-refractivity contribution in [2.24, 2.45) is 11.8 Å². The number of rotatable bonds is 4. The number of carbonyl (C=O) groups is 2. The quantitative estimate of drug-likeness (QED) is 0.670. The van der Waals surface area contributed by atoms with Crippen LogP contribution in [0.3, 0.4) is 0 Å². The van der Waals surface area contributed by atoms with Crippen molar-refractivity contribution < 1.29 is 14.7 Å². The predicted octanol–water partition coefficient (Wildman–Crippen LogP) is 4.14. The predicted molar refractivity (Wildman–Crippen MR) is 117 cm³/mol. The van der Waals surface area contributed by atoms with Gasteiger partial charge in [0.15, 0.2) is 0 Å². The van der Waals surface area contributed by atoms with Crippen LogP contribution in [0, 0.1) is 18.8 Å². The molecule has 2 aromatic carbocycles. The van der Waals surface area contributed by atoms with E-state index in [0.29, 0.717) is 19.5 Å². The van der Waals surface area contributed by atoms with Gasteiger partial charge in [0.05, 0.1) is 5.92 Å². The number of benzene rings is 2. The number of anilines is 1. The van der Waals surface area contributed by atoms with Crippen LogP contribution in [0.1, 0.15) is 22.7 Å². The minimum Gasteiger partial charge on any atom is -0.481 e. The maximum atomic E-state index is 13.5. The molecule has 1 aromatic heterocycles. The molecule has 0 spiro atoms. The Morgan fingerprint density at radius 3 is 2.63 bits per heavy atom. The van der Waals surface area contributed by atoms with Crippen LogP contribution < -0.4 is 4.90 Å². The van der Waals surface area contributed by atoms with E-state index in [1.807, 2.05) is 54.0 Å². The van der Waals surface area contributed by atoms with E-state index in [9.17, 15) is 14.7 Å². The maximum Gasteiger partial charge on any atom is 0.313 e. The van der Waals surface area contributed by atoms with Crippen LogP contribution in [-0.4, -0.2) is 28.1 Å². The van der Waals surface area contributed by atoms with E-state index in [1.54, 1.807) is 11.0 Å². The van der Waals surface area contributed by atoms with Crippen LogP contribution >= 0.6 is 0 Å². The Morgan fingerprint density at radius 1 is 1.20 bits per heavy atom. The second-order valence-corrected chi connectivity index (χ2v) is 8.37. The summed E-state index contributed by atoms with van der Waals surface area (Å²) in [6, 6.07) is 15.9. The fourth-order valence-corrected chi connectivity index (χ4v) is 5.38. The number of carboxylic acid groups (broad SMARTS) is 1. The Balaban J connectivity index is 1.65. The Morgan fingerprint density at radius 2 is 1.93 bits per heavy atom. The topological polar surface area (TPSA) is 62.5 Å². The monoisotopic (exact) mass is 400 g/mol. The molecule has 3 unspecified atom stereocenters. The Labute approximate surface area is 175 Å². The van der Waals surface area contributed by atoms with Gasteiger partial charge in [-0.15, -0.1) is 6.58 Å². The van der Waals surface area contributed by atoms with Gasteiger partial charge in [-0.25, -0.2) is 0 Å². The van der Waals surface area contributed by atoms with E-state index in [2.05, 4.69) is 12.6 Å². The fraction of sp³-hybridized carbons (Fsp3) is 0.280. The zero-order valence-electron chi connectivity index (χ0n) is 16.9. The minimum atomic E-state index is -0.932. The number of hydrogen-bond acceptors (Lipinski definition) is 2. The Kier molecular flexibility index (Phi) is 4.28. The highest BCUT2D eigenvalue weighted by molar-refractivity contribution is 6.02. The molecule has 1 aliphatic carbocycles. The SMILES string of the molecule is C=CCn1c2c(c3ccccc31)CC1CN(c3ccc(C)cc3)C(=O)C1C2C(=O)O. The summed E-state index contributed by atoms with van der Waals surface area (Å²) in [5.41, 5.74) is 4.82. The van der Waals surface area contributed by atoms with Crippen LogP contribution in [0.15, 0.2) is 61.2 Å². The standard InChI is InChI=1S/C25H24N2O3/c1-3-12-26-20-7-5-4-6-18(20)19-13-16-14-27(17-10-8-15(2)9-11-17)24(28)21(16)22(23(19)26)25(29)30/h3-11,16,21-22H,1,12-14H2,2H3,(H,29,30). The molecule has 1 aliphatic heterocycles. The van der Waals surface area contributed by atoms with Crippen LogP contribution in [-0.2, 0) is 22.6 Å². The highest BCUT2D eigenvalue weighted by Crippen LogP contribution is 2.48. The number of aromatic nitrogens is 1. The number of hydrogen-bond donors (Lipinski definition) is 1. The van der Waals surface area contributed by atoms with Crippen molar-refractivity contribution >= 4 is 28.5 Å². The second kappa shape index (κ2) is 6.87. The molecule has 5 heteroatoms. The largest absolute Gasteiger partial charge is 0.481 e. The first kappa shape index (κ1) is 18.7. The lowest BCUT2D eigenvalue weighted by molar-refractivity contribution is -0.143. The molecule has 3 atom stereocenters. The van der Waals surface area contributed by atoms with E-state index in [4.69, 9.17) is 0 Å². The average molecular weight is 400 g/mol. The highest BCUT2D eigenvalue weighted by atomic mass is 16.4. The van der Waals surface area contributed by atoms with Gasteiger partial charge in [-0.3, -0.25) is 9.59 Å². The van der Waals surface area contributed by atoms with E-state index in [-0.39, 0.29) is 11.8 Å². The molecule has 1 N–H and O–H groups in total. The van der Waals surface area contributed by atoms with Gasteiger partial charge < -0.3 is 14.6 Å². The number of carboxylic acids is 1. The van der Waals surface area contributed by atoms with Gasteiger partial charge in [-0.1, -0.05) is 42.0 Å². The van der Waals surface area contributed by atoms with Crippen molar-refractivity contribution in [2.75, 3.05) is 11.4 Å². The van der Waals surface area contributed by atoms with Gasteiger partial charge in [0.25, 0.3) is 0 Å². The zero-order chi connectivity index (χ0) is 21.0. The molecule has 0 saturated carbocycles. The van der Waals surface area contributed by atoms with Crippen molar-refractivity contribution in [2.45, 2.75) is 25.8 Å². The molecule has 5 nitrogen and oxygen atoms in total. The van der Waals surface area contributed by atoms with E-state index >= 15 is 0 Å². The number of aliphatic carboxylic acids is 1. The Hall–Kier alpha value is -3.34. The summed E-state index contributed by atoms with van der Waals surface area (Å²) in [4.78, 5) is 27.8. The summed E-state index contributed by atoms with van der Waals surface area (Å²) in [6.45, 7) is 6.94. The molecule has 0 bridgehead atoms. The number of carbonyl (C=O) groups excluding carboxylic acids is 1. The summed E-state index contributed by atoms with van der Waals surface area (Å²) >= 11 is 0. The number of allylic oxidation sites excluding steroid dienone is 1. The van der Waals surface area contributed by atoms with Crippen LogP contribution in [0.2, 0.25) is 0 Å². The van der Waals surface area contributed by atoms with Crippen molar-refractivity contribution in [1.82, 2.24) is 4.57 Å². The minimum absolute atomic E-state index is 0.0182. The molecule has 30 heavy (non-hydrogen) atoms. The summed E-state index contributed by atoms with van der Waals surface area (Å²) in [5.74, 6) is -2.44. The molecule has 2 heterocycles. The first-order valence-corrected chi connectivity index (χ1v) is 10.3. The smallest absolute Gasteiger partial charge is 0.313 e. The summed E-state index contributed by atoms with van der Waals surface area (Å²) in [6.07, 6.45) is 2.50. The molecule has 1 amide bonds. The molecular weight excluding hydrogens is 376 g/mol. The summed E-state index contributed by atoms with van der Waals surface area (Å²) < 4.78 is 2.04. The Bertz CT molecular complexity index is 1180. The molecule has 5 rings (SSSR count). The molecule has 1 fully saturated rings. The van der Waals surface area contributed by atoms with Crippen molar-refractivity contribution in [3.8, 4) is 0 Å². The third-order valence-electron chi connectivity index (χ3n) is 6.64. The number of nitrogens with zero attached hydrogens (tertiary/aromatic N) is 2. The third-order valence-corrected chi connectivity index (χ3v) is 6.64. The van der Waals surface area contributed by atoms with E-state index in [0.717, 1.165) is 33.4 Å². The van der Waals surface area contributed by atoms with Crippen molar-refractivity contribution in [3.63, 3.8) is 0 Å². The molecule has 3 aromatic rings. The number of aryl methyl sites for hydroxylation is 1. The first-order valence-electron chi connectivity index (χ1n) is 10.3. The van der Waals surface area contributed by atoms with E-state index < -0.39 is 17.8 Å². The molecule has 152 valence electrons. The second-order valence-electron chi connectivity index (χ2n) is 8.37. The number of fused-ring (bicyclic) bond motifs is 4. The normalized spacial score (nSPS) is 22.8. The maximum absolute atomic E-state index is 13.5. The van der Waals surface area contributed by atoms with E-state index in [1.165, 1.54) is 0 Å². The van der Waals surface area contributed by atoms with Gasteiger partial charge in [0, 0.05) is 35.4 Å². The molecule has 2 aliphatic rings. The molecule has 0 radical (unpaired) electrons. The summed E-state index contributed by atoms with van der Waals surface area (Å²) in [5, 5.41) is 11.3. The van der Waals surface area contributed by atoms with Crippen LogP contribution in [0.25, 0.3) is 10.9 Å². The number of amides is 1. The van der Waals surface area contributed by atoms with Gasteiger partial charge in [0.2, 0.25) is 5.91 Å². The van der Waals surface area contributed by atoms with Gasteiger partial charge >= 0.3 is 5.97 Å². The average Bonchev–Trinajstić information content (AvgIpc) is 3.23. The molecular formula is C25H24N2O3. The van der Waals surface area contributed by atoms with Crippen molar-refractivity contribution in [1.29, 1.82) is 0 Å². The van der Waals surface area contributed by atoms with Gasteiger partial charge in [-0.05, 0) is 43.0 Å². The zero-order valence-corrected chi connectivity index (χ0v) is 16.9. The third kappa shape index (κ3) is 2.61. The van der Waals surface area contributed by atoms with Gasteiger partial charge in [-0.2, -0.15) is 0 Å². The van der Waals surface area contributed by atoms with Crippen molar-refractivity contribution in [3.05, 3.63) is 78.0 Å². The van der Waals surface area contributed by atoms with Gasteiger partial charge in [0.1, 0.15) is 5.92 Å². The number of para-hydroxylation sites is 1. The molecule has 1 saturated heterocycles. The van der Waals surface area contributed by atoms with Crippen LogP contribution in [0.4, 0.5) is 5.69 Å². The lowest BCUT2D eigenvalue weighted by Crippen LogP contribution is -2.37. The lowest BCUT2D eigenvalue weighted by atomic mass is 9.72. The van der Waals surface area contributed by atoms with Crippen LogP contribution in [0.5, 0.6) is 0 Å². The highest BCUT2D eigenvalue weighted by Gasteiger charge is 2.53. The fourth-order valence-electron chi connectivity index (χ4n) is 5.38. The lowest BCUT2D eigenvalue weighted by Gasteiger charge is -2.30. The first-order chi connectivity index (χ1) is 14.5. The summed E-state index contributed by atoms with van der Waals surface area (Å²) in [7, 11) is 0.